The Bertz CT molecular complexity index is 400. The summed E-state index contributed by atoms with van der Waals surface area (Å²) in [6.07, 6.45) is 3.75. The summed E-state index contributed by atoms with van der Waals surface area (Å²) in [5, 5.41) is 4.81. The third-order valence-corrected chi connectivity index (χ3v) is 4.82. The van der Waals surface area contributed by atoms with E-state index in [1.807, 2.05) is 11.3 Å². The Labute approximate surface area is 121 Å². The average molecular weight is 281 g/mol. The first-order valence-corrected chi connectivity index (χ1v) is 8.45. The largest absolute Gasteiger partial charge is 0.348 e. The first-order valence-electron chi connectivity index (χ1n) is 7.63. The van der Waals surface area contributed by atoms with E-state index in [1.54, 1.807) is 0 Å². The molecule has 1 aromatic rings. The summed E-state index contributed by atoms with van der Waals surface area (Å²) in [6.45, 7) is 12.1. The number of anilines is 1. The highest BCUT2D eigenvalue weighted by Gasteiger charge is 2.25. The third kappa shape index (κ3) is 3.48. The number of aryl methyl sites for hydroxylation is 1. The molecular weight excluding hydrogens is 254 g/mol. The fourth-order valence-corrected chi connectivity index (χ4v) is 4.01. The fraction of sp³-hybridized carbons (Fsp3) is 0.800. The van der Waals surface area contributed by atoms with E-state index in [4.69, 9.17) is 4.98 Å². The molecule has 0 spiro atoms. The number of rotatable bonds is 6. The lowest BCUT2D eigenvalue weighted by Crippen LogP contribution is -2.27. The van der Waals surface area contributed by atoms with Crippen molar-refractivity contribution in [2.24, 2.45) is 5.92 Å². The zero-order chi connectivity index (χ0) is 13.8. The summed E-state index contributed by atoms with van der Waals surface area (Å²) in [5.41, 5.74) is 1.33. The lowest BCUT2D eigenvalue weighted by Gasteiger charge is -2.22. The highest BCUT2D eigenvalue weighted by molar-refractivity contribution is 7.15. The van der Waals surface area contributed by atoms with Crippen molar-refractivity contribution in [3.63, 3.8) is 0 Å². The molecule has 19 heavy (non-hydrogen) atoms. The van der Waals surface area contributed by atoms with Gasteiger partial charge in [-0.25, -0.2) is 4.98 Å². The minimum atomic E-state index is 0.483. The molecule has 0 amide bonds. The predicted molar refractivity (Wildman–Crippen MR) is 84.2 cm³/mol. The molecule has 4 heteroatoms. The fourth-order valence-electron chi connectivity index (χ4n) is 2.77. The van der Waals surface area contributed by atoms with Crippen LogP contribution in [0.4, 0.5) is 5.13 Å². The molecule has 0 bridgehead atoms. The second-order valence-corrected chi connectivity index (χ2v) is 6.80. The molecule has 0 aliphatic heterocycles. The molecule has 1 heterocycles. The van der Waals surface area contributed by atoms with Gasteiger partial charge in [0.2, 0.25) is 0 Å². The Balaban J connectivity index is 2.19. The maximum Gasteiger partial charge on any atom is 0.185 e. The highest BCUT2D eigenvalue weighted by Crippen LogP contribution is 2.36. The molecule has 0 aromatic carbocycles. The number of nitrogens with zero attached hydrogens (tertiary/aromatic N) is 2. The van der Waals surface area contributed by atoms with E-state index in [2.05, 4.69) is 37.9 Å². The van der Waals surface area contributed by atoms with Gasteiger partial charge in [0.25, 0.3) is 0 Å². The van der Waals surface area contributed by atoms with Crippen LogP contribution in [0.25, 0.3) is 0 Å². The van der Waals surface area contributed by atoms with Gasteiger partial charge in [-0.2, -0.15) is 0 Å². The van der Waals surface area contributed by atoms with Gasteiger partial charge in [-0.1, -0.05) is 20.8 Å². The van der Waals surface area contributed by atoms with Crippen LogP contribution in [0, 0.1) is 5.92 Å². The smallest absolute Gasteiger partial charge is 0.185 e. The van der Waals surface area contributed by atoms with Gasteiger partial charge in [-0.05, 0) is 38.6 Å². The Kier molecular flexibility index (Phi) is 5.22. The van der Waals surface area contributed by atoms with Crippen LogP contribution in [0.15, 0.2) is 0 Å². The number of hydrogen-bond donors (Lipinski definition) is 1. The molecule has 2 rings (SSSR count). The van der Waals surface area contributed by atoms with Gasteiger partial charge in [-0.3, -0.25) is 0 Å². The lowest BCUT2D eigenvalue weighted by molar-refractivity contribution is 0.465. The monoisotopic (exact) mass is 281 g/mol. The Morgan fingerprint density at radius 1 is 1.42 bits per heavy atom. The molecule has 1 atom stereocenters. The minimum absolute atomic E-state index is 0.483. The van der Waals surface area contributed by atoms with E-state index < -0.39 is 0 Å². The minimum Gasteiger partial charge on any atom is -0.348 e. The molecule has 1 unspecified atom stereocenters. The lowest BCUT2D eigenvalue weighted by atomic mass is 9.98. The average Bonchev–Trinajstić information content (AvgIpc) is 2.81. The SMILES string of the molecule is CCNC1CCCc2sc(N(CC)CC(C)C)nc21. The first kappa shape index (κ1) is 14.8. The van der Waals surface area contributed by atoms with Crippen LogP contribution in [0.2, 0.25) is 0 Å². The molecular formula is C15H27N3S. The molecule has 0 radical (unpaired) electrons. The van der Waals surface area contributed by atoms with Crippen molar-refractivity contribution in [3.05, 3.63) is 10.6 Å². The van der Waals surface area contributed by atoms with Crippen LogP contribution in [0.1, 0.15) is 57.1 Å². The number of nitrogens with one attached hydrogen (secondary N) is 1. The summed E-state index contributed by atoms with van der Waals surface area (Å²) >= 11 is 1.91. The third-order valence-electron chi connectivity index (χ3n) is 3.63. The standard InChI is InChI=1S/C15H27N3S/c1-5-16-12-8-7-9-13-14(12)17-15(19-13)18(6-2)10-11(3)4/h11-12,16H,5-10H2,1-4H3. The zero-order valence-electron chi connectivity index (χ0n) is 12.7. The molecule has 1 aliphatic rings. The summed E-state index contributed by atoms with van der Waals surface area (Å²) in [4.78, 5) is 8.89. The topological polar surface area (TPSA) is 28.2 Å². The van der Waals surface area contributed by atoms with Crippen LogP contribution in [0.5, 0.6) is 0 Å². The van der Waals surface area contributed by atoms with Crippen molar-refractivity contribution in [2.75, 3.05) is 24.5 Å². The number of fused-ring (bicyclic) bond motifs is 1. The molecule has 1 aromatic heterocycles. The Morgan fingerprint density at radius 2 is 2.21 bits per heavy atom. The van der Waals surface area contributed by atoms with E-state index in [9.17, 15) is 0 Å². The van der Waals surface area contributed by atoms with Crippen LogP contribution >= 0.6 is 11.3 Å². The van der Waals surface area contributed by atoms with Crippen molar-refractivity contribution in [2.45, 2.75) is 53.0 Å². The van der Waals surface area contributed by atoms with Gasteiger partial charge in [0.15, 0.2) is 5.13 Å². The van der Waals surface area contributed by atoms with E-state index in [1.165, 1.54) is 35.0 Å². The molecule has 108 valence electrons. The molecule has 0 fully saturated rings. The Morgan fingerprint density at radius 3 is 2.84 bits per heavy atom. The van der Waals surface area contributed by atoms with Gasteiger partial charge in [-0.15, -0.1) is 11.3 Å². The Hall–Kier alpha value is -0.610. The summed E-state index contributed by atoms with van der Waals surface area (Å²) in [7, 11) is 0. The van der Waals surface area contributed by atoms with Gasteiger partial charge in [0.1, 0.15) is 0 Å². The molecule has 1 aliphatic carbocycles. The van der Waals surface area contributed by atoms with Gasteiger partial charge < -0.3 is 10.2 Å². The predicted octanol–water partition coefficient (Wildman–Crippen LogP) is 3.61. The van der Waals surface area contributed by atoms with Crippen LogP contribution < -0.4 is 10.2 Å². The van der Waals surface area contributed by atoms with Gasteiger partial charge in [0.05, 0.1) is 11.7 Å². The molecule has 0 saturated carbocycles. The normalized spacial score (nSPS) is 18.7. The van der Waals surface area contributed by atoms with Gasteiger partial charge in [0, 0.05) is 18.0 Å². The molecule has 1 N–H and O–H groups in total. The maximum atomic E-state index is 4.96. The van der Waals surface area contributed by atoms with Crippen LogP contribution in [-0.2, 0) is 6.42 Å². The van der Waals surface area contributed by atoms with E-state index in [0.29, 0.717) is 12.0 Å². The van der Waals surface area contributed by atoms with Crippen molar-refractivity contribution < 1.29 is 0 Å². The van der Waals surface area contributed by atoms with E-state index >= 15 is 0 Å². The second kappa shape index (κ2) is 6.71. The van der Waals surface area contributed by atoms with Crippen molar-refractivity contribution in [1.29, 1.82) is 0 Å². The van der Waals surface area contributed by atoms with Crippen molar-refractivity contribution in [1.82, 2.24) is 10.3 Å². The quantitative estimate of drug-likeness (QED) is 0.863. The summed E-state index contributed by atoms with van der Waals surface area (Å²) in [5.74, 6) is 0.686. The molecule has 0 saturated heterocycles. The van der Waals surface area contributed by atoms with Crippen molar-refractivity contribution in [3.8, 4) is 0 Å². The van der Waals surface area contributed by atoms with Crippen LogP contribution in [-0.4, -0.2) is 24.6 Å². The van der Waals surface area contributed by atoms with Crippen LogP contribution in [0.3, 0.4) is 0 Å². The number of hydrogen-bond acceptors (Lipinski definition) is 4. The van der Waals surface area contributed by atoms with Gasteiger partial charge >= 0.3 is 0 Å². The number of aromatic nitrogens is 1. The van der Waals surface area contributed by atoms with E-state index in [-0.39, 0.29) is 0 Å². The second-order valence-electron chi connectivity index (χ2n) is 5.74. The van der Waals surface area contributed by atoms with Crippen molar-refractivity contribution >= 4 is 16.5 Å². The summed E-state index contributed by atoms with van der Waals surface area (Å²) < 4.78 is 0. The molecule has 3 nitrogen and oxygen atoms in total. The zero-order valence-corrected chi connectivity index (χ0v) is 13.5. The van der Waals surface area contributed by atoms with E-state index in [0.717, 1.165) is 19.6 Å². The first-order chi connectivity index (χ1) is 9.15. The number of thiazole rings is 1. The maximum absolute atomic E-state index is 4.96. The summed E-state index contributed by atoms with van der Waals surface area (Å²) in [6, 6.07) is 0.483. The highest BCUT2D eigenvalue weighted by atomic mass is 32.1.